The van der Waals surface area contributed by atoms with Gasteiger partial charge in [-0.1, -0.05) is 30.3 Å². The number of amides is 1. The van der Waals surface area contributed by atoms with E-state index >= 15 is 4.39 Å². The minimum Gasteiger partial charge on any atom is -0.368 e. The topological polar surface area (TPSA) is 79.0 Å². The Morgan fingerprint density at radius 2 is 1.91 bits per heavy atom. The van der Waals surface area contributed by atoms with Gasteiger partial charge < -0.3 is 9.64 Å². The number of carbonyl (C=O) groups excluding carboxylic acids is 1. The lowest BCUT2D eigenvalue weighted by Crippen LogP contribution is -2.54. The van der Waals surface area contributed by atoms with Crippen LogP contribution in [0.4, 0.5) is 8.78 Å². The van der Waals surface area contributed by atoms with Crippen LogP contribution in [0.3, 0.4) is 0 Å². The Hall–Kier alpha value is -2.40. The van der Waals surface area contributed by atoms with E-state index in [2.05, 4.69) is 4.72 Å². The van der Waals surface area contributed by atoms with Crippen molar-refractivity contribution in [1.82, 2.24) is 13.9 Å². The molecule has 7 nitrogen and oxygen atoms in total. The van der Waals surface area contributed by atoms with Gasteiger partial charge in [0.15, 0.2) is 0 Å². The van der Waals surface area contributed by atoms with Crippen LogP contribution in [0.25, 0.3) is 11.1 Å². The molecular weight excluding hydrogens is 476 g/mol. The summed E-state index contributed by atoms with van der Waals surface area (Å²) in [6, 6.07) is 9.50. The van der Waals surface area contributed by atoms with Gasteiger partial charge in [0.05, 0.1) is 18.7 Å². The maximum absolute atomic E-state index is 15.7. The van der Waals surface area contributed by atoms with Crippen molar-refractivity contribution >= 4 is 16.1 Å². The molecule has 1 aliphatic carbocycles. The first-order chi connectivity index (χ1) is 16.6. The summed E-state index contributed by atoms with van der Waals surface area (Å²) in [5, 5.41) is 0. The van der Waals surface area contributed by atoms with Crippen molar-refractivity contribution in [2.75, 3.05) is 27.2 Å². The Morgan fingerprint density at radius 3 is 2.51 bits per heavy atom. The molecule has 0 aromatic heterocycles. The molecule has 1 amide bonds. The van der Waals surface area contributed by atoms with Crippen molar-refractivity contribution < 1.29 is 26.7 Å². The van der Waals surface area contributed by atoms with Gasteiger partial charge in [-0.15, -0.1) is 0 Å². The Kier molecular flexibility index (Phi) is 6.19. The Morgan fingerprint density at radius 1 is 1.20 bits per heavy atom. The molecule has 35 heavy (non-hydrogen) atoms. The predicted octanol–water partition coefficient (Wildman–Crippen LogP) is 2.72. The number of halogens is 2. The van der Waals surface area contributed by atoms with Gasteiger partial charge in [-0.2, -0.15) is 17.4 Å². The molecule has 2 saturated heterocycles. The lowest BCUT2D eigenvalue weighted by molar-refractivity contribution is -0.157. The molecule has 1 spiro atoms. The zero-order valence-corrected chi connectivity index (χ0v) is 20.5. The molecule has 3 atom stereocenters. The second kappa shape index (κ2) is 8.92. The van der Waals surface area contributed by atoms with E-state index < -0.39 is 40.0 Å². The molecule has 2 heterocycles. The lowest BCUT2D eigenvalue weighted by Gasteiger charge is -2.34. The minimum absolute atomic E-state index is 0.121. The third-order valence-corrected chi connectivity index (χ3v) is 8.99. The molecule has 5 rings (SSSR count). The van der Waals surface area contributed by atoms with E-state index in [4.69, 9.17) is 4.74 Å². The average Bonchev–Trinajstić information content (AvgIpc) is 3.49. The van der Waals surface area contributed by atoms with E-state index in [9.17, 15) is 17.6 Å². The van der Waals surface area contributed by atoms with Gasteiger partial charge in [0, 0.05) is 38.0 Å². The first-order valence-electron chi connectivity index (χ1n) is 11.8. The number of hydrogen-bond acceptors (Lipinski definition) is 4. The van der Waals surface area contributed by atoms with E-state index in [-0.39, 0.29) is 23.3 Å². The second-order valence-corrected chi connectivity index (χ2v) is 11.8. The number of carbonyl (C=O) groups is 1. The summed E-state index contributed by atoms with van der Waals surface area (Å²) in [5.74, 6) is -1.15. The molecular formula is C25H29F2N3O4S. The van der Waals surface area contributed by atoms with Crippen molar-refractivity contribution in [3.8, 4) is 11.1 Å². The van der Waals surface area contributed by atoms with Gasteiger partial charge in [-0.05, 0) is 42.5 Å². The van der Waals surface area contributed by atoms with Crippen LogP contribution in [0.2, 0.25) is 0 Å². The van der Waals surface area contributed by atoms with E-state index in [1.54, 1.807) is 29.2 Å². The molecule has 0 radical (unpaired) electrons. The molecule has 2 aliphatic heterocycles. The SMILES string of the molecule is CN(C)S(=O)(=O)N[C@@H]1[C@H](Cc2cccc(-c3cccc(F)c3)c2F)N(C(=O)C2CCO2)CC12CC2. The molecule has 1 saturated carbocycles. The van der Waals surface area contributed by atoms with Gasteiger partial charge in [0.2, 0.25) is 0 Å². The summed E-state index contributed by atoms with van der Waals surface area (Å²) >= 11 is 0. The van der Waals surface area contributed by atoms with Crippen molar-refractivity contribution in [3.05, 3.63) is 59.7 Å². The van der Waals surface area contributed by atoms with E-state index in [0.717, 1.165) is 17.1 Å². The fourth-order valence-corrected chi connectivity index (χ4v) is 6.11. The normalized spacial score (nSPS) is 25.2. The fraction of sp³-hybridized carbons (Fsp3) is 0.480. The standard InChI is InChI=1S/C25H29F2N3O4S/c1-29(2)35(32,33)28-23-20(30(15-25(23)10-11-25)24(31)21-9-12-34-21)14-17-6-4-8-19(22(17)27)16-5-3-7-18(26)13-16/h3-8,13,20-21,23,28H,9-12,14-15H2,1-2H3/t20-,21?,23+/m0/s1. The van der Waals surface area contributed by atoms with Gasteiger partial charge in [-0.3, -0.25) is 4.79 Å². The molecule has 1 N–H and O–H groups in total. The van der Waals surface area contributed by atoms with Crippen molar-refractivity contribution in [2.45, 2.75) is 43.9 Å². The molecule has 2 aromatic carbocycles. The summed E-state index contributed by atoms with van der Waals surface area (Å²) in [6.07, 6.45) is 1.76. The third-order valence-electron chi connectivity index (χ3n) is 7.48. The summed E-state index contributed by atoms with van der Waals surface area (Å²) in [4.78, 5) is 15.0. The molecule has 188 valence electrons. The quantitative estimate of drug-likeness (QED) is 0.628. The highest BCUT2D eigenvalue weighted by Gasteiger charge is 2.62. The number of benzene rings is 2. The zero-order valence-electron chi connectivity index (χ0n) is 19.7. The summed E-state index contributed by atoms with van der Waals surface area (Å²) in [5.41, 5.74) is 0.641. The number of hydrogen-bond donors (Lipinski definition) is 1. The Bertz CT molecular complexity index is 1250. The molecule has 10 heteroatoms. The largest absolute Gasteiger partial charge is 0.368 e. The predicted molar refractivity (Wildman–Crippen MR) is 127 cm³/mol. The number of likely N-dealkylation sites (tertiary alicyclic amines) is 1. The highest BCUT2D eigenvalue weighted by Crippen LogP contribution is 2.56. The van der Waals surface area contributed by atoms with E-state index in [1.807, 2.05) is 0 Å². The summed E-state index contributed by atoms with van der Waals surface area (Å²) in [7, 11) is -0.899. The first kappa shape index (κ1) is 24.3. The smallest absolute Gasteiger partial charge is 0.279 e. The van der Waals surface area contributed by atoms with Crippen molar-refractivity contribution in [2.24, 2.45) is 5.41 Å². The fourth-order valence-electron chi connectivity index (χ4n) is 5.17. The molecule has 3 fully saturated rings. The number of nitrogens with zero attached hydrogens (tertiary/aromatic N) is 2. The Balaban J connectivity index is 1.51. The lowest BCUT2D eigenvalue weighted by atomic mass is 9.91. The van der Waals surface area contributed by atoms with Crippen LogP contribution in [0.1, 0.15) is 24.8 Å². The number of nitrogens with one attached hydrogen (secondary N) is 1. The second-order valence-electron chi connectivity index (χ2n) is 9.92. The van der Waals surface area contributed by atoms with Crippen LogP contribution in [-0.2, 0) is 26.2 Å². The van der Waals surface area contributed by atoms with E-state index in [1.165, 1.54) is 32.3 Å². The van der Waals surface area contributed by atoms with E-state index in [0.29, 0.717) is 30.7 Å². The van der Waals surface area contributed by atoms with Crippen LogP contribution in [0.15, 0.2) is 42.5 Å². The van der Waals surface area contributed by atoms with Crippen LogP contribution >= 0.6 is 0 Å². The zero-order chi connectivity index (χ0) is 25.0. The molecule has 3 aliphatic rings. The maximum atomic E-state index is 15.7. The minimum atomic E-state index is -3.79. The number of rotatable bonds is 7. The van der Waals surface area contributed by atoms with Crippen LogP contribution < -0.4 is 4.72 Å². The summed E-state index contributed by atoms with van der Waals surface area (Å²) < 4.78 is 64.4. The Labute approximate surface area is 204 Å². The summed E-state index contributed by atoms with van der Waals surface area (Å²) in [6.45, 7) is 0.920. The van der Waals surface area contributed by atoms with Gasteiger partial charge >= 0.3 is 0 Å². The van der Waals surface area contributed by atoms with Gasteiger partial charge in [0.25, 0.3) is 16.1 Å². The first-order valence-corrected chi connectivity index (χ1v) is 13.2. The highest BCUT2D eigenvalue weighted by molar-refractivity contribution is 7.87. The van der Waals surface area contributed by atoms with Crippen molar-refractivity contribution in [1.29, 1.82) is 0 Å². The van der Waals surface area contributed by atoms with Gasteiger partial charge in [0.1, 0.15) is 17.7 Å². The molecule has 0 bridgehead atoms. The molecule has 2 aromatic rings. The molecule has 1 unspecified atom stereocenters. The van der Waals surface area contributed by atoms with Gasteiger partial charge in [-0.25, -0.2) is 8.78 Å². The van der Waals surface area contributed by atoms with Crippen LogP contribution in [0, 0.1) is 17.0 Å². The monoisotopic (exact) mass is 505 g/mol. The highest BCUT2D eigenvalue weighted by atomic mass is 32.2. The van der Waals surface area contributed by atoms with Crippen molar-refractivity contribution in [3.63, 3.8) is 0 Å². The van der Waals surface area contributed by atoms with Crippen LogP contribution in [0.5, 0.6) is 0 Å². The van der Waals surface area contributed by atoms with Crippen LogP contribution in [-0.4, -0.2) is 69.0 Å². The average molecular weight is 506 g/mol. The number of ether oxygens (including phenoxy) is 1. The maximum Gasteiger partial charge on any atom is 0.279 e. The third kappa shape index (κ3) is 4.48.